The van der Waals surface area contributed by atoms with Crippen LogP contribution in [0.15, 0.2) is 11.6 Å². The summed E-state index contributed by atoms with van der Waals surface area (Å²) in [5, 5.41) is 20.3. The van der Waals surface area contributed by atoms with E-state index in [4.69, 9.17) is 5.73 Å². The van der Waals surface area contributed by atoms with E-state index >= 15 is 0 Å². The molecule has 0 bridgehead atoms. The minimum absolute atomic E-state index is 0.0807. The number of fused-ring (bicyclic) bond motifs is 1. The first kappa shape index (κ1) is 27.4. The van der Waals surface area contributed by atoms with Gasteiger partial charge in [-0.15, -0.1) is 0 Å². The lowest BCUT2D eigenvalue weighted by Crippen LogP contribution is -2.66. The Morgan fingerprint density at radius 1 is 1.26 bits per heavy atom. The average molecular weight is 476 g/mol. The number of aliphatic hydroxyl groups excluding tert-OH is 1. The maximum Gasteiger partial charge on any atom is 0.303 e. The molecule has 3 aliphatic carbocycles. The predicted octanol–water partition coefficient (Wildman–Crippen LogP) is 5.88. The Kier molecular flexibility index (Phi) is 8.40. The van der Waals surface area contributed by atoms with Crippen LogP contribution in [0.1, 0.15) is 112 Å². The molecule has 0 aliphatic heterocycles. The number of carbonyl (C=O) groups is 2. The molecule has 0 spiro atoms. The van der Waals surface area contributed by atoms with Gasteiger partial charge in [0.15, 0.2) is 5.78 Å². The first-order valence-corrected chi connectivity index (χ1v) is 13.7. The summed E-state index contributed by atoms with van der Waals surface area (Å²) >= 11 is 0. The highest BCUT2D eigenvalue weighted by Crippen LogP contribution is 2.60. The Morgan fingerprint density at radius 2 is 1.97 bits per heavy atom. The van der Waals surface area contributed by atoms with Gasteiger partial charge in [0.25, 0.3) is 0 Å². The molecule has 5 nitrogen and oxygen atoms in total. The molecule has 2 saturated carbocycles. The van der Waals surface area contributed by atoms with Crippen molar-refractivity contribution in [3.63, 3.8) is 0 Å². The van der Waals surface area contributed by atoms with Crippen LogP contribution in [-0.2, 0) is 9.59 Å². The molecule has 34 heavy (non-hydrogen) atoms. The van der Waals surface area contributed by atoms with Crippen molar-refractivity contribution in [2.75, 3.05) is 0 Å². The molecule has 0 aromatic rings. The minimum atomic E-state index is -0.739. The van der Waals surface area contributed by atoms with Crippen molar-refractivity contribution in [1.29, 1.82) is 0 Å². The Balaban J connectivity index is 1.82. The average Bonchev–Trinajstić information content (AvgIpc) is 2.82. The van der Waals surface area contributed by atoms with Gasteiger partial charge < -0.3 is 15.9 Å². The molecule has 0 aromatic carbocycles. The summed E-state index contributed by atoms with van der Waals surface area (Å²) in [7, 11) is 0. The van der Waals surface area contributed by atoms with E-state index in [1.54, 1.807) is 0 Å². The third kappa shape index (κ3) is 5.46. The van der Waals surface area contributed by atoms with Crippen LogP contribution >= 0.6 is 0 Å². The number of rotatable bonds is 8. The summed E-state index contributed by atoms with van der Waals surface area (Å²) in [6.45, 7) is 11.3. The number of hydrogen-bond acceptors (Lipinski definition) is 4. The predicted molar refractivity (Wildman–Crippen MR) is 136 cm³/mol. The molecule has 3 aliphatic rings. The Morgan fingerprint density at radius 3 is 2.65 bits per heavy atom. The fourth-order valence-corrected chi connectivity index (χ4v) is 8.33. The summed E-state index contributed by atoms with van der Waals surface area (Å²) in [5.74, 6) is 0.767. The van der Waals surface area contributed by atoms with Gasteiger partial charge >= 0.3 is 5.97 Å². The summed E-state index contributed by atoms with van der Waals surface area (Å²) in [5.41, 5.74) is 8.22. The summed E-state index contributed by atoms with van der Waals surface area (Å²) < 4.78 is 0. The number of aliphatic hydroxyl groups is 1. The van der Waals surface area contributed by atoms with Gasteiger partial charge in [-0.25, -0.2) is 0 Å². The highest BCUT2D eigenvalue weighted by molar-refractivity contribution is 5.91. The minimum Gasteiger partial charge on any atom is -0.481 e. The maximum absolute atomic E-state index is 12.0. The van der Waals surface area contributed by atoms with Gasteiger partial charge in [0.05, 0.1) is 6.10 Å². The van der Waals surface area contributed by atoms with E-state index in [-0.39, 0.29) is 46.5 Å². The molecule has 3 rings (SSSR count). The van der Waals surface area contributed by atoms with Gasteiger partial charge in [0, 0.05) is 18.4 Å². The van der Waals surface area contributed by atoms with Gasteiger partial charge in [-0.3, -0.25) is 9.59 Å². The zero-order valence-electron chi connectivity index (χ0n) is 22.2. The third-order valence-corrected chi connectivity index (χ3v) is 10.2. The second-order valence-electron chi connectivity index (χ2n) is 13.0. The quantitative estimate of drug-likeness (QED) is 0.407. The van der Waals surface area contributed by atoms with Crippen LogP contribution in [0.3, 0.4) is 0 Å². The number of hydrogen-bond donors (Lipinski definition) is 3. The fourth-order valence-electron chi connectivity index (χ4n) is 8.33. The van der Waals surface area contributed by atoms with E-state index in [0.717, 1.165) is 51.4 Å². The van der Waals surface area contributed by atoms with Gasteiger partial charge in [0.2, 0.25) is 0 Å². The van der Waals surface area contributed by atoms with Crippen LogP contribution in [-0.4, -0.2) is 33.6 Å². The molecule has 194 valence electrons. The first-order chi connectivity index (χ1) is 15.8. The van der Waals surface area contributed by atoms with Crippen LogP contribution < -0.4 is 5.73 Å². The van der Waals surface area contributed by atoms with E-state index in [2.05, 4.69) is 34.6 Å². The lowest BCUT2D eigenvalue weighted by molar-refractivity contribution is -0.138. The van der Waals surface area contributed by atoms with Crippen molar-refractivity contribution in [2.24, 2.45) is 40.2 Å². The number of carbonyl (C=O) groups excluding carboxylic acids is 1. The Hall–Kier alpha value is -1.20. The van der Waals surface area contributed by atoms with Crippen LogP contribution in [0.4, 0.5) is 0 Å². The van der Waals surface area contributed by atoms with E-state index in [0.29, 0.717) is 31.1 Å². The van der Waals surface area contributed by atoms with Crippen molar-refractivity contribution in [3.8, 4) is 0 Å². The maximum atomic E-state index is 12.0. The highest BCUT2D eigenvalue weighted by Gasteiger charge is 2.60. The van der Waals surface area contributed by atoms with E-state index in [1.807, 2.05) is 6.08 Å². The second kappa shape index (κ2) is 10.4. The van der Waals surface area contributed by atoms with Gasteiger partial charge in [0.1, 0.15) is 0 Å². The molecule has 4 N–H and O–H groups in total. The lowest BCUT2D eigenvalue weighted by Gasteiger charge is -2.60. The van der Waals surface area contributed by atoms with Crippen molar-refractivity contribution in [1.82, 2.24) is 0 Å². The summed E-state index contributed by atoms with van der Waals surface area (Å²) in [6.07, 6.45) is 11.5. The van der Waals surface area contributed by atoms with Crippen molar-refractivity contribution < 1.29 is 19.8 Å². The number of ketones is 1. The van der Waals surface area contributed by atoms with Crippen molar-refractivity contribution >= 4 is 11.8 Å². The monoisotopic (exact) mass is 475 g/mol. The van der Waals surface area contributed by atoms with Crippen LogP contribution in [0.5, 0.6) is 0 Å². The standard InChI is InChI=1S/C29H49NO4/c1-19-8-7-14-29(30)22(10-6-9-21-16-23(31)13-15-27(21,3)4)17-24(32)18-28(29,5)26(19)20(2)11-12-25(33)34/h16,19-20,22,24,26,32H,6-15,17-18,30H2,1-5H3,(H,33,34)/t19?,20-,22-,24?,26?,28-,29-/m1/s1. The number of carboxylic acids is 1. The molecular weight excluding hydrogens is 426 g/mol. The number of nitrogens with two attached hydrogens (primary N) is 1. The van der Waals surface area contributed by atoms with E-state index in [1.165, 1.54) is 5.57 Å². The highest BCUT2D eigenvalue weighted by atomic mass is 16.4. The molecule has 3 unspecified atom stereocenters. The molecular formula is C29H49NO4. The molecule has 0 amide bonds. The largest absolute Gasteiger partial charge is 0.481 e. The number of aliphatic carboxylic acids is 1. The van der Waals surface area contributed by atoms with E-state index < -0.39 is 5.97 Å². The molecule has 0 saturated heterocycles. The van der Waals surface area contributed by atoms with Gasteiger partial charge in [-0.05, 0) is 91.9 Å². The van der Waals surface area contributed by atoms with Gasteiger partial charge in [-0.1, -0.05) is 53.0 Å². The molecule has 5 heteroatoms. The topological polar surface area (TPSA) is 101 Å². The molecule has 0 heterocycles. The fraction of sp³-hybridized carbons (Fsp3) is 0.862. The number of carboxylic acid groups (broad SMARTS) is 1. The van der Waals surface area contributed by atoms with Crippen molar-refractivity contribution in [2.45, 2.75) is 123 Å². The van der Waals surface area contributed by atoms with E-state index in [9.17, 15) is 19.8 Å². The molecule has 0 aromatic heterocycles. The Labute approximate surface area is 207 Å². The van der Waals surface area contributed by atoms with Crippen LogP contribution in [0.25, 0.3) is 0 Å². The second-order valence-corrected chi connectivity index (χ2v) is 13.0. The van der Waals surface area contributed by atoms with Crippen LogP contribution in [0, 0.1) is 34.5 Å². The van der Waals surface area contributed by atoms with Gasteiger partial charge in [-0.2, -0.15) is 0 Å². The SMILES string of the molecule is CC1CCC[C@@]2(N)[C@H](CCCC3=CC(=O)CCC3(C)C)CC(O)C[C@]2(C)C1[C@H](C)CCC(=O)O. The molecule has 2 fully saturated rings. The number of allylic oxidation sites excluding steroid dienone is 2. The normalized spacial score (nSPS) is 39.0. The third-order valence-electron chi connectivity index (χ3n) is 10.2. The molecule has 7 atom stereocenters. The van der Waals surface area contributed by atoms with Crippen LogP contribution in [0.2, 0.25) is 0 Å². The summed E-state index contributed by atoms with van der Waals surface area (Å²) in [6, 6.07) is 0. The summed E-state index contributed by atoms with van der Waals surface area (Å²) in [4.78, 5) is 23.3. The molecule has 0 radical (unpaired) electrons. The smallest absolute Gasteiger partial charge is 0.303 e. The Bertz CT molecular complexity index is 789. The lowest BCUT2D eigenvalue weighted by atomic mass is 9.48. The first-order valence-electron chi connectivity index (χ1n) is 13.7. The van der Waals surface area contributed by atoms with Crippen molar-refractivity contribution in [3.05, 3.63) is 11.6 Å². The zero-order chi connectivity index (χ0) is 25.3. The zero-order valence-corrected chi connectivity index (χ0v) is 22.2.